The van der Waals surface area contributed by atoms with E-state index in [2.05, 4.69) is 21.6 Å². The molecule has 1 aromatic heterocycles. The number of halogens is 1. The number of aromatic nitrogens is 3. The summed E-state index contributed by atoms with van der Waals surface area (Å²) in [6, 6.07) is 21.7. The summed E-state index contributed by atoms with van der Waals surface area (Å²) in [5, 5.41) is 12.0. The summed E-state index contributed by atoms with van der Waals surface area (Å²) in [5.74, 6) is 0.216. The number of nitrogens with one attached hydrogen (secondary N) is 1. The molecule has 0 aliphatic rings. The van der Waals surface area contributed by atoms with E-state index in [9.17, 15) is 9.18 Å². The molecule has 0 spiro atoms. The highest BCUT2D eigenvalue weighted by Crippen LogP contribution is 2.24. The Morgan fingerprint density at radius 2 is 1.70 bits per heavy atom. The monoisotopic (exact) mass is 462 g/mol. The minimum Gasteiger partial charge on any atom is -0.483 e. The van der Waals surface area contributed by atoms with Crippen LogP contribution < -0.4 is 10.1 Å². The molecule has 0 saturated carbocycles. The van der Waals surface area contributed by atoms with E-state index in [0.29, 0.717) is 11.0 Å². The molecule has 4 aromatic rings. The Labute approximate surface area is 195 Å². The van der Waals surface area contributed by atoms with E-state index < -0.39 is 5.82 Å². The maximum atomic E-state index is 13.9. The number of nitrogens with zero attached hydrogens (tertiary/aromatic N) is 3. The second-order valence-corrected chi connectivity index (χ2v) is 8.44. The van der Waals surface area contributed by atoms with E-state index in [1.54, 1.807) is 18.2 Å². The number of anilines is 1. The highest BCUT2D eigenvalue weighted by Gasteiger charge is 2.17. The molecule has 0 unspecified atom stereocenters. The smallest absolute Gasteiger partial charge is 0.234 e. The molecule has 1 N–H and O–H groups in total. The van der Waals surface area contributed by atoms with E-state index in [1.165, 1.54) is 17.8 Å². The minimum absolute atomic E-state index is 0.0259. The fourth-order valence-corrected chi connectivity index (χ4v) is 4.17. The Morgan fingerprint density at radius 1 is 1.00 bits per heavy atom. The predicted octanol–water partition coefficient (Wildman–Crippen LogP) is 5.33. The van der Waals surface area contributed by atoms with Crippen LogP contribution >= 0.6 is 11.8 Å². The number of hydrogen-bond donors (Lipinski definition) is 1. The Hall–Kier alpha value is -3.65. The first-order valence-corrected chi connectivity index (χ1v) is 11.4. The van der Waals surface area contributed by atoms with E-state index in [-0.39, 0.29) is 24.0 Å². The van der Waals surface area contributed by atoms with Gasteiger partial charge in [0, 0.05) is 11.4 Å². The lowest BCUT2D eigenvalue weighted by molar-refractivity contribution is -0.113. The quantitative estimate of drug-likeness (QED) is 0.358. The van der Waals surface area contributed by atoms with Gasteiger partial charge in [0.25, 0.3) is 0 Å². The number of carbonyl (C=O) groups excluding carboxylic acids is 1. The van der Waals surface area contributed by atoms with E-state index in [1.807, 2.05) is 60.9 Å². The van der Waals surface area contributed by atoms with Crippen LogP contribution in [0.15, 0.2) is 78.0 Å². The number of benzene rings is 3. The Kier molecular flexibility index (Phi) is 7.04. The summed E-state index contributed by atoms with van der Waals surface area (Å²) in [6.07, 6.45) is 0. The van der Waals surface area contributed by atoms with Gasteiger partial charge in [0.15, 0.2) is 22.5 Å². The normalized spacial score (nSPS) is 10.8. The van der Waals surface area contributed by atoms with Crippen molar-refractivity contribution in [1.29, 1.82) is 0 Å². The number of thioether (sulfide) groups is 1. The Bertz CT molecular complexity index is 1240. The first-order chi connectivity index (χ1) is 16.0. The summed E-state index contributed by atoms with van der Waals surface area (Å²) in [5.41, 5.74) is 3.76. The number of aryl methyl sites for hydroxylation is 2. The second kappa shape index (κ2) is 10.3. The molecule has 0 aliphatic carbocycles. The fraction of sp³-hybridized carbons (Fsp3) is 0.160. The van der Waals surface area contributed by atoms with Crippen molar-refractivity contribution in [2.24, 2.45) is 0 Å². The van der Waals surface area contributed by atoms with Crippen LogP contribution in [0.5, 0.6) is 5.75 Å². The summed E-state index contributed by atoms with van der Waals surface area (Å²) in [6.45, 7) is 4.01. The molecule has 1 amide bonds. The second-order valence-electron chi connectivity index (χ2n) is 7.50. The van der Waals surface area contributed by atoms with Crippen molar-refractivity contribution < 1.29 is 13.9 Å². The first-order valence-electron chi connectivity index (χ1n) is 10.4. The number of amides is 1. The zero-order valence-corrected chi connectivity index (χ0v) is 19.1. The van der Waals surface area contributed by atoms with Gasteiger partial charge in [-0.3, -0.25) is 9.36 Å². The van der Waals surface area contributed by atoms with Crippen molar-refractivity contribution in [1.82, 2.24) is 14.8 Å². The number of ether oxygens (including phenoxy) is 1. The van der Waals surface area contributed by atoms with Gasteiger partial charge in [0.05, 0.1) is 5.75 Å². The van der Waals surface area contributed by atoms with Crippen LogP contribution in [0.1, 0.15) is 17.0 Å². The lowest BCUT2D eigenvalue weighted by Crippen LogP contribution is -2.15. The van der Waals surface area contributed by atoms with Gasteiger partial charge >= 0.3 is 0 Å². The van der Waals surface area contributed by atoms with Crippen LogP contribution in [0.2, 0.25) is 0 Å². The molecule has 168 valence electrons. The van der Waals surface area contributed by atoms with Crippen molar-refractivity contribution in [2.75, 3.05) is 11.1 Å². The van der Waals surface area contributed by atoms with Gasteiger partial charge in [-0.15, -0.1) is 10.2 Å². The van der Waals surface area contributed by atoms with Gasteiger partial charge < -0.3 is 10.1 Å². The predicted molar refractivity (Wildman–Crippen MR) is 127 cm³/mol. The topological polar surface area (TPSA) is 69.0 Å². The highest BCUT2D eigenvalue weighted by molar-refractivity contribution is 7.99. The number of rotatable bonds is 8. The third-order valence-electron chi connectivity index (χ3n) is 4.75. The van der Waals surface area contributed by atoms with Gasteiger partial charge in [-0.05, 0) is 61.4 Å². The molecule has 3 aromatic carbocycles. The first kappa shape index (κ1) is 22.5. The molecule has 0 bridgehead atoms. The zero-order valence-electron chi connectivity index (χ0n) is 18.3. The van der Waals surface area contributed by atoms with Crippen LogP contribution in [0.4, 0.5) is 10.1 Å². The molecule has 0 atom stereocenters. The van der Waals surface area contributed by atoms with E-state index in [0.717, 1.165) is 22.5 Å². The lowest BCUT2D eigenvalue weighted by atomic mass is 10.1. The molecule has 1 heterocycles. The van der Waals surface area contributed by atoms with E-state index >= 15 is 0 Å². The lowest BCUT2D eigenvalue weighted by Gasteiger charge is -2.12. The van der Waals surface area contributed by atoms with Crippen LogP contribution in [0, 0.1) is 19.7 Å². The van der Waals surface area contributed by atoms with Crippen molar-refractivity contribution in [2.45, 2.75) is 25.6 Å². The molecule has 8 heteroatoms. The molecule has 0 radical (unpaired) electrons. The largest absolute Gasteiger partial charge is 0.483 e. The van der Waals surface area contributed by atoms with Gasteiger partial charge in [0.2, 0.25) is 5.91 Å². The average Bonchev–Trinajstić information content (AvgIpc) is 3.20. The molecular formula is C25H23FN4O2S. The maximum absolute atomic E-state index is 13.9. The molecule has 0 saturated heterocycles. The maximum Gasteiger partial charge on any atom is 0.234 e. The van der Waals surface area contributed by atoms with Gasteiger partial charge in [0.1, 0.15) is 6.61 Å². The van der Waals surface area contributed by atoms with E-state index in [4.69, 9.17) is 4.74 Å². The highest BCUT2D eigenvalue weighted by atomic mass is 32.2. The minimum atomic E-state index is -0.444. The number of para-hydroxylation sites is 2. The number of hydrogen-bond acceptors (Lipinski definition) is 5. The zero-order chi connectivity index (χ0) is 23.2. The van der Waals surface area contributed by atoms with Gasteiger partial charge in [-0.1, -0.05) is 48.2 Å². The molecular weight excluding hydrogens is 439 g/mol. The Balaban J connectivity index is 1.50. The third kappa shape index (κ3) is 5.78. The molecule has 33 heavy (non-hydrogen) atoms. The van der Waals surface area contributed by atoms with Crippen LogP contribution in [-0.4, -0.2) is 26.4 Å². The van der Waals surface area contributed by atoms with Crippen LogP contribution in [0.3, 0.4) is 0 Å². The fourth-order valence-electron chi connectivity index (χ4n) is 3.40. The molecule has 6 nitrogen and oxygen atoms in total. The standard InChI is InChI=1S/C25H23FN4O2S/c1-17-12-18(2)14-19(13-17)27-24(31)16-33-25-29-28-23(30(25)20-8-4-3-5-9-20)15-32-22-11-7-6-10-21(22)26/h3-14H,15-16H2,1-2H3,(H,27,31). The summed E-state index contributed by atoms with van der Waals surface area (Å²) in [7, 11) is 0. The summed E-state index contributed by atoms with van der Waals surface area (Å²) in [4.78, 5) is 12.6. The Morgan fingerprint density at radius 3 is 2.42 bits per heavy atom. The molecule has 0 aliphatic heterocycles. The van der Waals surface area contributed by atoms with Crippen molar-refractivity contribution in [3.63, 3.8) is 0 Å². The van der Waals surface area contributed by atoms with Crippen molar-refractivity contribution >= 4 is 23.4 Å². The van der Waals surface area contributed by atoms with Crippen molar-refractivity contribution in [3.8, 4) is 11.4 Å². The SMILES string of the molecule is Cc1cc(C)cc(NC(=O)CSc2nnc(COc3ccccc3F)n2-c2ccccc2)c1. The van der Waals surface area contributed by atoms with Crippen molar-refractivity contribution in [3.05, 3.63) is 95.6 Å². The van der Waals surface area contributed by atoms with Crippen LogP contribution in [-0.2, 0) is 11.4 Å². The third-order valence-corrected chi connectivity index (χ3v) is 5.67. The molecule has 4 rings (SSSR count). The molecule has 0 fully saturated rings. The van der Waals surface area contributed by atoms with Gasteiger partial charge in [-0.2, -0.15) is 0 Å². The number of carbonyl (C=O) groups is 1. The summed E-state index contributed by atoms with van der Waals surface area (Å²) >= 11 is 1.27. The van der Waals surface area contributed by atoms with Gasteiger partial charge in [-0.25, -0.2) is 4.39 Å². The van der Waals surface area contributed by atoms with Crippen LogP contribution in [0.25, 0.3) is 5.69 Å². The average molecular weight is 463 g/mol. The summed E-state index contributed by atoms with van der Waals surface area (Å²) < 4.78 is 21.4.